The molecule has 0 fully saturated rings. The SMILES string of the molecule is CNCCn1c(-c2c(C)nn(C)c2C)c(C=C2Oc3ccc(CNC(N)=O)cc3C2=O)c2cc(OC)ccc21. The molecule has 2 aromatic carbocycles. The lowest BCUT2D eigenvalue weighted by Crippen LogP contribution is -2.28. The van der Waals surface area contributed by atoms with Gasteiger partial charge in [0, 0.05) is 54.4 Å². The van der Waals surface area contributed by atoms with E-state index in [2.05, 4.69) is 20.3 Å². The molecule has 0 radical (unpaired) electrons. The van der Waals surface area contributed by atoms with Gasteiger partial charge in [-0.2, -0.15) is 5.10 Å². The molecule has 10 heteroatoms. The third-order valence-corrected chi connectivity index (χ3v) is 7.12. The van der Waals surface area contributed by atoms with E-state index in [1.165, 1.54) is 0 Å². The zero-order chi connectivity index (χ0) is 27.8. The predicted octanol–water partition coefficient (Wildman–Crippen LogP) is 3.67. The van der Waals surface area contributed by atoms with Crippen molar-refractivity contribution in [3.63, 3.8) is 0 Å². The van der Waals surface area contributed by atoms with Crippen molar-refractivity contribution >= 4 is 28.8 Å². The first-order valence-electron chi connectivity index (χ1n) is 12.7. The third-order valence-electron chi connectivity index (χ3n) is 7.12. The molecule has 10 nitrogen and oxygen atoms in total. The van der Waals surface area contributed by atoms with Crippen LogP contribution in [-0.4, -0.2) is 46.9 Å². The zero-order valence-corrected chi connectivity index (χ0v) is 22.7. The summed E-state index contributed by atoms with van der Waals surface area (Å²) in [6, 6.07) is 10.6. The van der Waals surface area contributed by atoms with Crippen molar-refractivity contribution in [3.05, 3.63) is 70.2 Å². The van der Waals surface area contributed by atoms with Gasteiger partial charge in [-0.05, 0) is 62.9 Å². The molecule has 5 rings (SSSR count). The van der Waals surface area contributed by atoms with Crippen molar-refractivity contribution in [1.29, 1.82) is 0 Å². The smallest absolute Gasteiger partial charge is 0.312 e. The van der Waals surface area contributed by atoms with E-state index in [1.54, 1.807) is 25.3 Å². The lowest BCUT2D eigenvalue weighted by molar-refractivity contribution is 0.101. The highest BCUT2D eigenvalue weighted by Crippen LogP contribution is 2.41. The number of urea groups is 1. The fraction of sp³-hybridized carbons (Fsp3) is 0.276. The van der Waals surface area contributed by atoms with Gasteiger partial charge in [0.1, 0.15) is 11.5 Å². The van der Waals surface area contributed by atoms with Gasteiger partial charge in [0.2, 0.25) is 5.78 Å². The van der Waals surface area contributed by atoms with Crippen LogP contribution in [0.1, 0.15) is 32.9 Å². The number of methoxy groups -OCH3 is 1. The molecule has 0 saturated heterocycles. The largest absolute Gasteiger partial charge is 0.497 e. The lowest BCUT2D eigenvalue weighted by Gasteiger charge is -2.12. The molecule has 2 amide bonds. The molecule has 39 heavy (non-hydrogen) atoms. The molecule has 2 aromatic heterocycles. The molecule has 0 unspecified atom stereocenters. The number of hydrogen-bond acceptors (Lipinski definition) is 6. The normalized spacial score (nSPS) is 13.7. The average Bonchev–Trinajstić information content (AvgIpc) is 3.48. The van der Waals surface area contributed by atoms with Crippen LogP contribution in [0.2, 0.25) is 0 Å². The van der Waals surface area contributed by atoms with Crippen LogP contribution >= 0.6 is 0 Å². The highest BCUT2D eigenvalue weighted by atomic mass is 16.5. The van der Waals surface area contributed by atoms with Crippen molar-refractivity contribution in [2.75, 3.05) is 20.7 Å². The summed E-state index contributed by atoms with van der Waals surface area (Å²) in [6.07, 6.45) is 1.82. The number of nitrogens with two attached hydrogens (primary N) is 1. The van der Waals surface area contributed by atoms with E-state index in [1.807, 2.05) is 56.9 Å². The van der Waals surface area contributed by atoms with Crippen LogP contribution in [0, 0.1) is 13.8 Å². The van der Waals surface area contributed by atoms with Gasteiger partial charge in [0.25, 0.3) is 0 Å². The first kappa shape index (κ1) is 26.1. The minimum atomic E-state index is -0.628. The van der Waals surface area contributed by atoms with Gasteiger partial charge in [-0.25, -0.2) is 4.79 Å². The van der Waals surface area contributed by atoms with Gasteiger partial charge in [0.05, 0.1) is 24.1 Å². The maximum absolute atomic E-state index is 13.6. The molecular weight excluding hydrogens is 496 g/mol. The third kappa shape index (κ3) is 4.63. The first-order valence-corrected chi connectivity index (χ1v) is 12.7. The second kappa shape index (κ2) is 10.3. The Hall–Kier alpha value is -4.57. The number of nitrogens with zero attached hydrogens (tertiary/aromatic N) is 3. The summed E-state index contributed by atoms with van der Waals surface area (Å²) < 4.78 is 15.8. The summed E-state index contributed by atoms with van der Waals surface area (Å²) in [6.45, 7) is 5.71. The molecule has 0 saturated carbocycles. The summed E-state index contributed by atoms with van der Waals surface area (Å²) in [5, 5.41) is 11.4. The lowest BCUT2D eigenvalue weighted by atomic mass is 10.0. The molecule has 3 heterocycles. The van der Waals surface area contributed by atoms with Crippen molar-refractivity contribution in [1.82, 2.24) is 25.0 Å². The van der Waals surface area contributed by atoms with E-state index >= 15 is 0 Å². The van der Waals surface area contributed by atoms with E-state index in [0.29, 0.717) is 23.6 Å². The van der Waals surface area contributed by atoms with E-state index in [-0.39, 0.29) is 18.1 Å². The Morgan fingerprint density at radius 2 is 2.00 bits per heavy atom. The van der Waals surface area contributed by atoms with E-state index in [4.69, 9.17) is 15.2 Å². The fourth-order valence-corrected chi connectivity index (χ4v) is 5.14. The summed E-state index contributed by atoms with van der Waals surface area (Å²) in [5.41, 5.74) is 12.1. The zero-order valence-electron chi connectivity index (χ0n) is 22.7. The molecule has 0 spiro atoms. The molecule has 1 aliphatic rings. The van der Waals surface area contributed by atoms with Crippen LogP contribution in [-0.2, 0) is 20.1 Å². The van der Waals surface area contributed by atoms with E-state index in [9.17, 15) is 9.59 Å². The fourth-order valence-electron chi connectivity index (χ4n) is 5.14. The number of primary amides is 1. The Kier molecular flexibility index (Phi) is 6.88. The second-order valence-corrected chi connectivity index (χ2v) is 9.56. The molecule has 4 N–H and O–H groups in total. The Morgan fingerprint density at radius 3 is 2.67 bits per heavy atom. The van der Waals surface area contributed by atoms with Crippen molar-refractivity contribution in [3.8, 4) is 22.8 Å². The van der Waals surface area contributed by atoms with Gasteiger partial charge >= 0.3 is 6.03 Å². The average molecular weight is 529 g/mol. The number of likely N-dealkylation sites (N-methyl/N-ethyl adjacent to an activating group) is 1. The molecule has 0 atom stereocenters. The van der Waals surface area contributed by atoms with E-state index in [0.717, 1.165) is 51.2 Å². The second-order valence-electron chi connectivity index (χ2n) is 9.56. The monoisotopic (exact) mass is 528 g/mol. The summed E-state index contributed by atoms with van der Waals surface area (Å²) in [5.74, 6) is 1.19. The Balaban J connectivity index is 1.71. The van der Waals surface area contributed by atoms with Crippen LogP contribution in [0.25, 0.3) is 28.2 Å². The van der Waals surface area contributed by atoms with Crippen molar-refractivity contribution in [2.24, 2.45) is 12.8 Å². The van der Waals surface area contributed by atoms with Crippen LogP contribution in [0.15, 0.2) is 42.2 Å². The maximum atomic E-state index is 13.6. The van der Waals surface area contributed by atoms with Crippen LogP contribution < -0.4 is 25.8 Å². The summed E-state index contributed by atoms with van der Waals surface area (Å²) >= 11 is 0. The molecule has 202 valence electrons. The predicted molar refractivity (Wildman–Crippen MR) is 150 cm³/mol. The minimum Gasteiger partial charge on any atom is -0.497 e. The number of fused-ring (bicyclic) bond motifs is 2. The molecule has 4 aromatic rings. The minimum absolute atomic E-state index is 0.220. The Morgan fingerprint density at radius 1 is 1.21 bits per heavy atom. The Labute approximate surface area is 226 Å². The number of hydrogen-bond donors (Lipinski definition) is 3. The number of allylic oxidation sites excluding steroid dienone is 1. The first-order chi connectivity index (χ1) is 18.7. The van der Waals surface area contributed by atoms with Crippen molar-refractivity contribution in [2.45, 2.75) is 26.9 Å². The van der Waals surface area contributed by atoms with Crippen LogP contribution in [0.4, 0.5) is 4.79 Å². The number of ketones is 1. The quantitative estimate of drug-likeness (QED) is 0.300. The number of ether oxygens (including phenoxy) is 2. The number of aryl methyl sites for hydroxylation is 2. The highest BCUT2D eigenvalue weighted by molar-refractivity contribution is 6.16. The number of amides is 2. The molecule has 1 aliphatic heterocycles. The number of benzene rings is 2. The Bertz CT molecular complexity index is 1650. The molecule has 0 aliphatic carbocycles. The maximum Gasteiger partial charge on any atom is 0.312 e. The topological polar surface area (TPSA) is 125 Å². The number of nitrogens with one attached hydrogen (secondary N) is 2. The van der Waals surface area contributed by atoms with Gasteiger partial charge in [-0.3, -0.25) is 9.48 Å². The number of Topliss-reactive ketones (excluding diaryl/α,β-unsaturated/α-hetero) is 1. The van der Waals surface area contributed by atoms with Gasteiger partial charge in [0.15, 0.2) is 5.76 Å². The number of carbonyl (C=O) groups is 2. The van der Waals surface area contributed by atoms with Crippen LogP contribution in [0.5, 0.6) is 11.5 Å². The number of aromatic nitrogens is 3. The molecular formula is C29H32N6O4. The van der Waals surface area contributed by atoms with Crippen LogP contribution in [0.3, 0.4) is 0 Å². The number of carbonyl (C=O) groups excluding carboxylic acids is 2. The molecule has 0 bridgehead atoms. The van der Waals surface area contributed by atoms with Crippen molar-refractivity contribution < 1.29 is 19.1 Å². The van der Waals surface area contributed by atoms with Gasteiger partial charge < -0.3 is 30.4 Å². The number of rotatable bonds is 8. The standard InChI is InChI=1S/C29H32N6O4/c1-16-26(17(2)34(4)33-16)27-21(20-13-19(38-5)7-8-23(20)35(27)11-10-31-3)14-25-28(36)22-12-18(15-32-29(30)37)6-9-24(22)39-25/h6-9,12-14,31H,10-11,15H2,1-5H3,(H3,30,32,37). The van der Waals surface area contributed by atoms with E-state index < -0.39 is 6.03 Å². The van der Waals surface area contributed by atoms with Gasteiger partial charge in [-0.1, -0.05) is 6.07 Å². The summed E-state index contributed by atoms with van der Waals surface area (Å²) in [7, 11) is 5.49. The highest BCUT2D eigenvalue weighted by Gasteiger charge is 2.30. The van der Waals surface area contributed by atoms with Gasteiger partial charge in [-0.15, -0.1) is 0 Å². The summed E-state index contributed by atoms with van der Waals surface area (Å²) in [4.78, 5) is 24.7.